The highest BCUT2D eigenvalue weighted by atomic mass is 32.2. The van der Waals surface area contributed by atoms with Gasteiger partial charge in [0.25, 0.3) is 5.91 Å². The molecule has 0 saturated carbocycles. The number of imidazole rings is 1. The molecular formula is C24H28N4O3S2. The number of fused-ring (bicyclic) bond motifs is 1. The van der Waals surface area contributed by atoms with E-state index in [4.69, 9.17) is 4.74 Å². The number of nitrogens with zero attached hydrogens (tertiary/aromatic N) is 2. The van der Waals surface area contributed by atoms with Crippen molar-refractivity contribution in [2.24, 2.45) is 7.05 Å². The number of hydrogen-bond acceptors (Lipinski definition) is 6. The zero-order valence-electron chi connectivity index (χ0n) is 18.8. The van der Waals surface area contributed by atoms with Crippen LogP contribution in [0.5, 0.6) is 0 Å². The Morgan fingerprint density at radius 1 is 1.21 bits per heavy atom. The van der Waals surface area contributed by atoms with Gasteiger partial charge in [0, 0.05) is 25.6 Å². The second kappa shape index (κ2) is 11.0. The number of rotatable bonds is 9. The highest BCUT2D eigenvalue weighted by molar-refractivity contribution is 7.99. The smallest absolute Gasteiger partial charge is 0.254 e. The van der Waals surface area contributed by atoms with Crippen LogP contribution in [0.15, 0.2) is 41.7 Å². The lowest BCUT2D eigenvalue weighted by Crippen LogP contribution is -2.29. The van der Waals surface area contributed by atoms with Crippen LogP contribution in [0.25, 0.3) is 11.3 Å². The molecule has 33 heavy (non-hydrogen) atoms. The van der Waals surface area contributed by atoms with Crippen molar-refractivity contribution in [1.82, 2.24) is 14.9 Å². The Balaban J connectivity index is 1.44. The van der Waals surface area contributed by atoms with Crippen LogP contribution in [0.2, 0.25) is 0 Å². The minimum absolute atomic E-state index is 0.145. The number of hydrogen-bond donors (Lipinski definition) is 2. The molecule has 4 rings (SSSR count). The Morgan fingerprint density at radius 3 is 2.79 bits per heavy atom. The SMILES string of the molecule is COCCNC(=O)c1c(NC(=O)CSc2ncc(-c3ccccc3)n2C)sc2c1CCCC2. The molecule has 1 aromatic carbocycles. The standard InChI is InChI=1S/C24H28N4O3S2/c1-28-18(16-8-4-3-5-9-16)14-26-24(28)32-15-20(29)27-23-21(22(30)25-12-13-31-2)17-10-6-7-11-19(17)33-23/h3-5,8-9,14H,6-7,10-13,15H2,1-2H3,(H,25,30)(H,27,29). The molecule has 2 aromatic heterocycles. The number of anilines is 1. The van der Waals surface area contributed by atoms with Crippen molar-refractivity contribution >= 4 is 39.9 Å². The largest absolute Gasteiger partial charge is 0.383 e. The van der Waals surface area contributed by atoms with Crippen LogP contribution in [0, 0.1) is 0 Å². The van der Waals surface area contributed by atoms with E-state index in [2.05, 4.69) is 15.6 Å². The predicted molar refractivity (Wildman–Crippen MR) is 133 cm³/mol. The van der Waals surface area contributed by atoms with Gasteiger partial charge in [0.1, 0.15) is 5.00 Å². The fraction of sp³-hybridized carbons (Fsp3) is 0.375. The first-order valence-electron chi connectivity index (χ1n) is 11.0. The fourth-order valence-electron chi connectivity index (χ4n) is 3.95. The molecule has 0 saturated heterocycles. The number of thiophene rings is 1. The first-order valence-corrected chi connectivity index (χ1v) is 12.8. The van der Waals surface area contributed by atoms with E-state index >= 15 is 0 Å². The molecule has 3 aromatic rings. The predicted octanol–water partition coefficient (Wildman–Crippen LogP) is 4.13. The number of aromatic nitrogens is 2. The van der Waals surface area contributed by atoms with Gasteiger partial charge in [0.05, 0.1) is 29.8 Å². The third-order valence-electron chi connectivity index (χ3n) is 5.59. The molecule has 174 valence electrons. The van der Waals surface area contributed by atoms with E-state index in [1.54, 1.807) is 7.11 Å². The minimum Gasteiger partial charge on any atom is -0.383 e. The second-order valence-electron chi connectivity index (χ2n) is 7.85. The summed E-state index contributed by atoms with van der Waals surface area (Å²) in [4.78, 5) is 31.4. The zero-order chi connectivity index (χ0) is 23.2. The third-order valence-corrected chi connectivity index (χ3v) is 7.84. The van der Waals surface area contributed by atoms with Crippen molar-refractivity contribution in [2.75, 3.05) is 31.3 Å². The number of methoxy groups -OCH3 is 1. The third kappa shape index (κ3) is 5.48. The van der Waals surface area contributed by atoms with Gasteiger partial charge in [-0.1, -0.05) is 42.1 Å². The number of amides is 2. The van der Waals surface area contributed by atoms with E-state index in [9.17, 15) is 9.59 Å². The van der Waals surface area contributed by atoms with E-state index < -0.39 is 0 Å². The highest BCUT2D eigenvalue weighted by Gasteiger charge is 2.26. The summed E-state index contributed by atoms with van der Waals surface area (Å²) in [6, 6.07) is 10.0. The lowest BCUT2D eigenvalue weighted by Gasteiger charge is -2.13. The second-order valence-corrected chi connectivity index (χ2v) is 9.90. The molecule has 0 atom stereocenters. The molecular weight excluding hydrogens is 456 g/mol. The van der Waals surface area contributed by atoms with Crippen LogP contribution < -0.4 is 10.6 Å². The van der Waals surface area contributed by atoms with Gasteiger partial charge in [-0.2, -0.15) is 0 Å². The Hall–Kier alpha value is -2.62. The molecule has 0 aliphatic heterocycles. The van der Waals surface area contributed by atoms with Crippen molar-refractivity contribution in [3.63, 3.8) is 0 Å². The molecule has 1 aliphatic carbocycles. The molecule has 2 heterocycles. The van der Waals surface area contributed by atoms with Crippen LogP contribution in [0.3, 0.4) is 0 Å². The summed E-state index contributed by atoms with van der Waals surface area (Å²) in [5.41, 5.74) is 3.78. The number of thioether (sulfide) groups is 1. The van der Waals surface area contributed by atoms with Crippen LogP contribution in [-0.4, -0.2) is 47.4 Å². The zero-order valence-corrected chi connectivity index (χ0v) is 20.5. The topological polar surface area (TPSA) is 85.2 Å². The molecule has 2 amide bonds. The maximum absolute atomic E-state index is 12.9. The lowest BCUT2D eigenvalue weighted by atomic mass is 9.95. The van der Waals surface area contributed by atoms with Crippen LogP contribution in [0.1, 0.15) is 33.6 Å². The average molecular weight is 485 g/mol. The van der Waals surface area contributed by atoms with Gasteiger partial charge < -0.3 is 19.9 Å². The molecule has 2 N–H and O–H groups in total. The first-order chi connectivity index (χ1) is 16.1. The van der Waals surface area contributed by atoms with Gasteiger partial charge in [-0.25, -0.2) is 4.98 Å². The maximum Gasteiger partial charge on any atom is 0.254 e. The fourth-order valence-corrected chi connectivity index (χ4v) is 6.00. The summed E-state index contributed by atoms with van der Waals surface area (Å²) in [6.07, 6.45) is 5.83. The summed E-state index contributed by atoms with van der Waals surface area (Å²) < 4.78 is 7.03. The summed E-state index contributed by atoms with van der Waals surface area (Å²) in [6.45, 7) is 0.886. The van der Waals surface area contributed by atoms with Crippen LogP contribution in [0.4, 0.5) is 5.00 Å². The Bertz CT molecular complexity index is 1120. The number of ether oxygens (including phenoxy) is 1. The molecule has 1 aliphatic rings. The summed E-state index contributed by atoms with van der Waals surface area (Å²) in [5, 5.41) is 7.32. The van der Waals surface area contributed by atoms with Gasteiger partial charge in [-0.05, 0) is 36.8 Å². The summed E-state index contributed by atoms with van der Waals surface area (Å²) >= 11 is 2.91. The lowest BCUT2D eigenvalue weighted by molar-refractivity contribution is -0.113. The quantitative estimate of drug-likeness (QED) is 0.352. The van der Waals surface area contributed by atoms with Crippen molar-refractivity contribution in [3.05, 3.63) is 52.5 Å². The van der Waals surface area contributed by atoms with Crippen LogP contribution in [-0.2, 0) is 29.4 Å². The normalized spacial score (nSPS) is 12.9. The molecule has 0 radical (unpaired) electrons. The first kappa shape index (κ1) is 23.5. The summed E-state index contributed by atoms with van der Waals surface area (Å²) in [5.74, 6) is -0.0772. The van der Waals surface area contributed by atoms with E-state index in [1.807, 2.05) is 48.1 Å². The molecule has 0 unspecified atom stereocenters. The van der Waals surface area contributed by atoms with E-state index in [1.165, 1.54) is 28.0 Å². The van der Waals surface area contributed by atoms with E-state index in [0.29, 0.717) is 23.7 Å². The Morgan fingerprint density at radius 2 is 2.00 bits per heavy atom. The number of carbonyl (C=O) groups excluding carboxylic acids is 2. The van der Waals surface area contributed by atoms with Gasteiger partial charge in [-0.15, -0.1) is 11.3 Å². The molecule has 0 spiro atoms. The van der Waals surface area contributed by atoms with Gasteiger partial charge >= 0.3 is 0 Å². The minimum atomic E-state index is -0.147. The van der Waals surface area contributed by atoms with Gasteiger partial charge in [-0.3, -0.25) is 9.59 Å². The summed E-state index contributed by atoms with van der Waals surface area (Å²) in [7, 11) is 3.55. The monoisotopic (exact) mass is 484 g/mol. The number of benzene rings is 1. The number of carbonyl (C=O) groups is 2. The molecule has 0 bridgehead atoms. The molecule has 0 fully saturated rings. The Labute approximate surface area is 201 Å². The number of aryl methyl sites for hydroxylation is 1. The number of nitrogens with one attached hydrogen (secondary N) is 2. The maximum atomic E-state index is 12.9. The van der Waals surface area contributed by atoms with E-state index in [-0.39, 0.29) is 17.6 Å². The van der Waals surface area contributed by atoms with Gasteiger partial charge in [0.15, 0.2) is 5.16 Å². The average Bonchev–Trinajstić information content (AvgIpc) is 3.38. The Kier molecular flexibility index (Phi) is 7.85. The van der Waals surface area contributed by atoms with Crippen molar-refractivity contribution < 1.29 is 14.3 Å². The molecule has 7 nitrogen and oxygen atoms in total. The van der Waals surface area contributed by atoms with Gasteiger partial charge in [0.2, 0.25) is 5.91 Å². The van der Waals surface area contributed by atoms with Crippen molar-refractivity contribution in [3.8, 4) is 11.3 Å². The highest BCUT2D eigenvalue weighted by Crippen LogP contribution is 2.38. The van der Waals surface area contributed by atoms with Crippen LogP contribution >= 0.6 is 23.1 Å². The van der Waals surface area contributed by atoms with Crippen molar-refractivity contribution in [2.45, 2.75) is 30.8 Å². The molecule has 9 heteroatoms. The van der Waals surface area contributed by atoms with E-state index in [0.717, 1.165) is 47.7 Å². The van der Waals surface area contributed by atoms with Crippen molar-refractivity contribution in [1.29, 1.82) is 0 Å².